The molecule has 0 saturated carbocycles. The average Bonchev–Trinajstić information content (AvgIpc) is 2.21. The molecule has 0 aliphatic heterocycles. The molecular formula is C12H20O4-2. The van der Waals surface area contributed by atoms with Crippen molar-refractivity contribution in [2.75, 3.05) is 0 Å². The number of carbonyl (C=O) groups is 2. The zero-order valence-electron chi connectivity index (χ0n) is 10.0. The Labute approximate surface area is 96.7 Å². The van der Waals surface area contributed by atoms with Gasteiger partial charge in [-0.15, -0.1) is 0 Å². The number of unbranched alkanes of at least 4 members (excludes halogenated alkanes) is 2. The fourth-order valence-electron chi connectivity index (χ4n) is 1.97. The van der Waals surface area contributed by atoms with Gasteiger partial charge in [-0.05, 0) is 18.8 Å². The molecule has 0 N–H and O–H groups in total. The Morgan fingerprint density at radius 3 is 2.12 bits per heavy atom. The first kappa shape index (κ1) is 14.9. The van der Waals surface area contributed by atoms with E-state index in [4.69, 9.17) is 0 Å². The van der Waals surface area contributed by atoms with E-state index in [1.807, 2.05) is 6.92 Å². The summed E-state index contributed by atoms with van der Waals surface area (Å²) >= 11 is 0. The lowest BCUT2D eigenvalue weighted by Gasteiger charge is -2.27. The Bertz CT molecular complexity index is 225. The van der Waals surface area contributed by atoms with Crippen LogP contribution in [0, 0.1) is 11.8 Å². The van der Waals surface area contributed by atoms with E-state index < -0.39 is 24.3 Å². The number of carboxylic acid groups (broad SMARTS) is 2. The third-order valence-corrected chi connectivity index (χ3v) is 2.96. The summed E-state index contributed by atoms with van der Waals surface area (Å²) in [6, 6.07) is 0. The highest BCUT2D eigenvalue weighted by Gasteiger charge is 2.20. The van der Waals surface area contributed by atoms with Crippen LogP contribution in [-0.2, 0) is 9.59 Å². The van der Waals surface area contributed by atoms with Crippen LogP contribution in [0.3, 0.4) is 0 Å². The average molecular weight is 228 g/mol. The van der Waals surface area contributed by atoms with E-state index in [2.05, 4.69) is 6.92 Å². The van der Waals surface area contributed by atoms with Crippen LogP contribution < -0.4 is 10.2 Å². The lowest BCUT2D eigenvalue weighted by molar-refractivity contribution is -0.322. The van der Waals surface area contributed by atoms with Gasteiger partial charge in [-0.1, -0.05) is 39.5 Å². The number of hydrogen-bond acceptors (Lipinski definition) is 4. The monoisotopic (exact) mass is 228 g/mol. The summed E-state index contributed by atoms with van der Waals surface area (Å²) in [5.74, 6) is -3.61. The number of aliphatic carboxylic acids is 2. The van der Waals surface area contributed by atoms with Crippen molar-refractivity contribution in [3.63, 3.8) is 0 Å². The molecule has 0 aromatic heterocycles. The van der Waals surface area contributed by atoms with Gasteiger partial charge >= 0.3 is 0 Å². The maximum Gasteiger partial charge on any atom is 0.0451 e. The molecular weight excluding hydrogens is 208 g/mol. The van der Waals surface area contributed by atoms with Crippen molar-refractivity contribution >= 4 is 11.9 Å². The largest absolute Gasteiger partial charge is 0.550 e. The van der Waals surface area contributed by atoms with Gasteiger partial charge in [-0.2, -0.15) is 0 Å². The molecule has 0 aromatic carbocycles. The molecule has 16 heavy (non-hydrogen) atoms. The smallest absolute Gasteiger partial charge is 0.0451 e. The molecule has 0 saturated heterocycles. The highest BCUT2D eigenvalue weighted by molar-refractivity contribution is 5.75. The third kappa shape index (κ3) is 5.73. The van der Waals surface area contributed by atoms with Crippen LogP contribution >= 0.6 is 0 Å². The van der Waals surface area contributed by atoms with Crippen molar-refractivity contribution in [1.29, 1.82) is 0 Å². The number of carbonyl (C=O) groups excluding carboxylic acids is 2. The normalized spacial score (nSPS) is 14.4. The second-order valence-corrected chi connectivity index (χ2v) is 4.17. The molecule has 0 aliphatic rings. The highest BCUT2D eigenvalue weighted by Crippen LogP contribution is 2.24. The number of rotatable bonds is 9. The first-order valence-corrected chi connectivity index (χ1v) is 5.93. The second kappa shape index (κ2) is 8.13. The first-order valence-electron chi connectivity index (χ1n) is 5.93. The Kier molecular flexibility index (Phi) is 7.60. The van der Waals surface area contributed by atoms with E-state index >= 15 is 0 Å². The van der Waals surface area contributed by atoms with Crippen LogP contribution in [0.4, 0.5) is 0 Å². The van der Waals surface area contributed by atoms with Gasteiger partial charge in [0.15, 0.2) is 0 Å². The van der Waals surface area contributed by atoms with Crippen LogP contribution in [-0.4, -0.2) is 11.9 Å². The Morgan fingerprint density at radius 2 is 1.75 bits per heavy atom. The molecule has 0 fully saturated rings. The van der Waals surface area contributed by atoms with Crippen molar-refractivity contribution in [2.24, 2.45) is 11.8 Å². The summed E-state index contributed by atoms with van der Waals surface area (Å²) < 4.78 is 0. The van der Waals surface area contributed by atoms with Crippen molar-refractivity contribution in [2.45, 2.75) is 52.4 Å². The zero-order valence-corrected chi connectivity index (χ0v) is 10.0. The van der Waals surface area contributed by atoms with Gasteiger partial charge in [0, 0.05) is 17.9 Å². The molecule has 0 aromatic rings. The molecule has 0 heterocycles. The van der Waals surface area contributed by atoms with Gasteiger partial charge in [0.05, 0.1) is 0 Å². The number of carboxylic acids is 2. The topological polar surface area (TPSA) is 80.3 Å². The van der Waals surface area contributed by atoms with Gasteiger partial charge in [0.2, 0.25) is 0 Å². The molecule has 2 unspecified atom stereocenters. The molecule has 4 heteroatoms. The van der Waals surface area contributed by atoms with Crippen molar-refractivity contribution in [3.8, 4) is 0 Å². The number of hydrogen-bond donors (Lipinski definition) is 0. The van der Waals surface area contributed by atoms with Gasteiger partial charge in [0.1, 0.15) is 0 Å². The minimum atomic E-state index is -1.32. The van der Waals surface area contributed by atoms with Crippen LogP contribution in [0.25, 0.3) is 0 Å². The fraction of sp³-hybridized carbons (Fsp3) is 0.833. The lowest BCUT2D eigenvalue weighted by atomic mass is 9.83. The Balaban J connectivity index is 4.33. The van der Waals surface area contributed by atoms with Crippen molar-refractivity contribution < 1.29 is 19.8 Å². The van der Waals surface area contributed by atoms with E-state index in [0.717, 1.165) is 25.7 Å². The van der Waals surface area contributed by atoms with E-state index in [0.29, 0.717) is 6.42 Å². The highest BCUT2D eigenvalue weighted by atomic mass is 16.4. The van der Waals surface area contributed by atoms with Crippen LogP contribution in [0.2, 0.25) is 0 Å². The molecule has 94 valence electrons. The fourth-order valence-corrected chi connectivity index (χ4v) is 1.97. The van der Waals surface area contributed by atoms with Gasteiger partial charge in [-0.3, -0.25) is 0 Å². The van der Waals surface area contributed by atoms with E-state index in [-0.39, 0.29) is 5.92 Å². The maximum absolute atomic E-state index is 10.9. The standard InChI is InChI=1S/C12H22O4/c1-3-5-6-7-9(4-2)10(12(15)16)8-11(13)14/h9-10H,3-8H2,1-2H3,(H,13,14)(H,15,16)/p-2. The SMILES string of the molecule is CCCCCC(CC)C(CC(=O)[O-])C(=O)[O-]. The summed E-state index contributed by atoms with van der Waals surface area (Å²) in [5.41, 5.74) is 0. The molecule has 2 atom stereocenters. The second-order valence-electron chi connectivity index (χ2n) is 4.17. The molecule has 0 radical (unpaired) electrons. The summed E-state index contributed by atoms with van der Waals surface area (Å²) in [4.78, 5) is 21.3. The molecule has 0 rings (SSSR count). The summed E-state index contributed by atoms with van der Waals surface area (Å²) in [5, 5.41) is 21.3. The predicted molar refractivity (Wildman–Crippen MR) is 56.0 cm³/mol. The molecule has 4 nitrogen and oxygen atoms in total. The Hall–Kier alpha value is -1.06. The van der Waals surface area contributed by atoms with E-state index in [1.54, 1.807) is 0 Å². The molecule has 0 bridgehead atoms. The minimum absolute atomic E-state index is 0.116. The van der Waals surface area contributed by atoms with Crippen molar-refractivity contribution in [1.82, 2.24) is 0 Å². The molecule has 0 spiro atoms. The first-order chi connectivity index (χ1) is 7.52. The predicted octanol–water partition coefficient (Wildman–Crippen LogP) is 0.0990. The maximum atomic E-state index is 10.9. The summed E-state index contributed by atoms with van der Waals surface area (Å²) in [6.45, 7) is 3.94. The van der Waals surface area contributed by atoms with Gasteiger partial charge < -0.3 is 19.8 Å². The van der Waals surface area contributed by atoms with Gasteiger partial charge in [-0.25, -0.2) is 0 Å². The van der Waals surface area contributed by atoms with E-state index in [9.17, 15) is 19.8 Å². The zero-order chi connectivity index (χ0) is 12.6. The summed E-state index contributed by atoms with van der Waals surface area (Å²) in [6.07, 6.45) is 4.01. The Morgan fingerprint density at radius 1 is 1.12 bits per heavy atom. The molecule has 0 amide bonds. The van der Waals surface area contributed by atoms with Gasteiger partial charge in [0.25, 0.3) is 0 Å². The minimum Gasteiger partial charge on any atom is -0.550 e. The van der Waals surface area contributed by atoms with Crippen LogP contribution in [0.1, 0.15) is 52.4 Å². The van der Waals surface area contributed by atoms with Crippen LogP contribution in [0.5, 0.6) is 0 Å². The van der Waals surface area contributed by atoms with Crippen LogP contribution in [0.15, 0.2) is 0 Å². The van der Waals surface area contributed by atoms with E-state index in [1.165, 1.54) is 0 Å². The molecule has 0 aliphatic carbocycles. The van der Waals surface area contributed by atoms with Crippen molar-refractivity contribution in [3.05, 3.63) is 0 Å². The third-order valence-electron chi connectivity index (χ3n) is 2.96. The summed E-state index contributed by atoms with van der Waals surface area (Å²) in [7, 11) is 0. The lowest BCUT2D eigenvalue weighted by Crippen LogP contribution is -2.40. The quantitative estimate of drug-likeness (QED) is 0.524.